The highest BCUT2D eigenvalue weighted by molar-refractivity contribution is 6.33. The van der Waals surface area contributed by atoms with Gasteiger partial charge in [-0.1, -0.05) is 16.8 Å². The standard InChI is InChI=1S/C10H10ClN3O4/c1-6(2)13-18-10(15)12-9-4-3-7(14(16)17)5-8(9)11/h3-5H,1-2H3,(H,12,15). The van der Waals surface area contributed by atoms with Crippen LogP contribution in [0.25, 0.3) is 0 Å². The van der Waals surface area contributed by atoms with E-state index < -0.39 is 11.0 Å². The number of hydrogen-bond donors (Lipinski definition) is 1. The summed E-state index contributed by atoms with van der Waals surface area (Å²) in [6, 6.07) is 3.66. The SMILES string of the molecule is CC(C)=NOC(=O)Nc1ccc([N+](=O)[O-])cc1Cl. The highest BCUT2D eigenvalue weighted by Gasteiger charge is 2.11. The van der Waals surface area contributed by atoms with Gasteiger partial charge < -0.3 is 0 Å². The second-order valence-electron chi connectivity index (χ2n) is 3.46. The zero-order chi connectivity index (χ0) is 13.7. The third-order valence-electron chi connectivity index (χ3n) is 1.71. The Bertz CT molecular complexity index is 512. The van der Waals surface area contributed by atoms with Crippen LogP contribution >= 0.6 is 11.6 Å². The zero-order valence-corrected chi connectivity index (χ0v) is 10.4. The van der Waals surface area contributed by atoms with Gasteiger partial charge in [0.1, 0.15) is 0 Å². The Balaban J connectivity index is 2.77. The Kier molecular flexibility index (Phi) is 4.61. The Labute approximate surface area is 108 Å². The Morgan fingerprint density at radius 2 is 2.17 bits per heavy atom. The molecule has 1 amide bonds. The Hall–Kier alpha value is -2.15. The Morgan fingerprint density at radius 1 is 1.50 bits per heavy atom. The lowest BCUT2D eigenvalue weighted by atomic mass is 10.3. The second kappa shape index (κ2) is 5.97. The minimum Gasteiger partial charge on any atom is -0.298 e. The summed E-state index contributed by atoms with van der Waals surface area (Å²) in [6.07, 6.45) is -0.827. The van der Waals surface area contributed by atoms with E-state index in [9.17, 15) is 14.9 Å². The molecule has 0 heterocycles. The molecule has 96 valence electrons. The van der Waals surface area contributed by atoms with E-state index in [1.54, 1.807) is 13.8 Å². The van der Waals surface area contributed by atoms with Gasteiger partial charge in [-0.2, -0.15) is 0 Å². The van der Waals surface area contributed by atoms with Crippen LogP contribution in [0.1, 0.15) is 13.8 Å². The zero-order valence-electron chi connectivity index (χ0n) is 9.64. The van der Waals surface area contributed by atoms with E-state index in [1.165, 1.54) is 12.1 Å². The molecule has 1 aromatic rings. The first-order valence-electron chi connectivity index (χ1n) is 4.83. The number of carbonyl (C=O) groups excluding carboxylic acids is 1. The van der Waals surface area contributed by atoms with E-state index in [2.05, 4.69) is 15.3 Å². The van der Waals surface area contributed by atoms with Crippen molar-refractivity contribution in [3.05, 3.63) is 33.3 Å². The van der Waals surface area contributed by atoms with E-state index in [-0.39, 0.29) is 16.4 Å². The minimum atomic E-state index is -0.827. The number of carbonyl (C=O) groups is 1. The number of halogens is 1. The van der Waals surface area contributed by atoms with Gasteiger partial charge in [0.2, 0.25) is 0 Å². The number of nitrogens with one attached hydrogen (secondary N) is 1. The maximum absolute atomic E-state index is 11.3. The molecule has 0 atom stereocenters. The van der Waals surface area contributed by atoms with Crippen LogP contribution in [0.15, 0.2) is 23.4 Å². The van der Waals surface area contributed by atoms with Crippen LogP contribution in [-0.2, 0) is 4.84 Å². The molecule has 1 rings (SSSR count). The van der Waals surface area contributed by atoms with Crippen molar-refractivity contribution in [1.82, 2.24) is 0 Å². The molecule has 18 heavy (non-hydrogen) atoms. The van der Waals surface area contributed by atoms with Gasteiger partial charge in [0.15, 0.2) is 0 Å². The van der Waals surface area contributed by atoms with Crippen molar-refractivity contribution in [2.45, 2.75) is 13.8 Å². The van der Waals surface area contributed by atoms with E-state index >= 15 is 0 Å². The first-order chi connectivity index (χ1) is 8.40. The van der Waals surface area contributed by atoms with Gasteiger partial charge in [-0.15, -0.1) is 0 Å². The fourth-order valence-corrected chi connectivity index (χ4v) is 1.21. The second-order valence-corrected chi connectivity index (χ2v) is 3.87. The summed E-state index contributed by atoms with van der Waals surface area (Å²) in [5.41, 5.74) is 0.609. The molecule has 0 aliphatic heterocycles. The first-order valence-corrected chi connectivity index (χ1v) is 5.21. The summed E-state index contributed by atoms with van der Waals surface area (Å²) in [7, 11) is 0. The average Bonchev–Trinajstić information content (AvgIpc) is 2.29. The van der Waals surface area contributed by atoms with E-state index in [0.29, 0.717) is 5.71 Å². The van der Waals surface area contributed by atoms with Gasteiger partial charge in [-0.3, -0.25) is 20.3 Å². The largest absolute Gasteiger partial charge is 0.437 e. The number of nitro benzene ring substituents is 1. The molecule has 0 bridgehead atoms. The van der Waals surface area contributed by atoms with E-state index in [4.69, 9.17) is 11.6 Å². The summed E-state index contributed by atoms with van der Waals surface area (Å²) >= 11 is 5.77. The maximum atomic E-state index is 11.3. The molecule has 0 spiro atoms. The fourth-order valence-electron chi connectivity index (χ4n) is 0.984. The number of hydrogen-bond acceptors (Lipinski definition) is 5. The highest BCUT2D eigenvalue weighted by atomic mass is 35.5. The molecule has 0 radical (unpaired) electrons. The van der Waals surface area contributed by atoms with Crippen LogP contribution in [0.5, 0.6) is 0 Å². The number of non-ortho nitro benzene ring substituents is 1. The van der Waals surface area contributed by atoms with E-state index in [1.807, 2.05) is 0 Å². The molecular weight excluding hydrogens is 262 g/mol. The molecule has 0 aromatic heterocycles. The van der Waals surface area contributed by atoms with Crippen molar-refractivity contribution in [3.8, 4) is 0 Å². The van der Waals surface area contributed by atoms with Gasteiger partial charge in [0.05, 0.1) is 21.3 Å². The number of rotatable bonds is 3. The van der Waals surface area contributed by atoms with Gasteiger partial charge in [-0.25, -0.2) is 4.79 Å². The van der Waals surface area contributed by atoms with Crippen molar-refractivity contribution < 1.29 is 14.6 Å². The van der Waals surface area contributed by atoms with E-state index in [0.717, 1.165) is 6.07 Å². The number of nitro groups is 1. The molecule has 0 saturated carbocycles. The van der Waals surface area contributed by atoms with Crippen LogP contribution in [0.2, 0.25) is 5.02 Å². The summed E-state index contributed by atoms with van der Waals surface area (Å²) in [6.45, 7) is 3.32. The molecule has 7 nitrogen and oxygen atoms in total. The summed E-state index contributed by atoms with van der Waals surface area (Å²) in [4.78, 5) is 25.6. The molecule has 1 aromatic carbocycles. The molecule has 0 saturated heterocycles. The molecule has 0 aliphatic carbocycles. The first kappa shape index (κ1) is 13.9. The Morgan fingerprint density at radius 3 is 2.67 bits per heavy atom. The predicted octanol–water partition coefficient (Wildman–Crippen LogP) is 3.19. The molecule has 0 unspecified atom stereocenters. The minimum absolute atomic E-state index is 0.0401. The van der Waals surface area contributed by atoms with Crippen LogP contribution in [0.3, 0.4) is 0 Å². The van der Waals surface area contributed by atoms with Crippen molar-refractivity contribution >= 4 is 34.8 Å². The monoisotopic (exact) mass is 271 g/mol. The molecule has 0 fully saturated rings. The quantitative estimate of drug-likeness (QED) is 0.395. The van der Waals surface area contributed by atoms with Crippen LogP contribution in [0, 0.1) is 10.1 Å². The van der Waals surface area contributed by atoms with Gasteiger partial charge in [-0.05, 0) is 19.9 Å². The predicted molar refractivity (Wildman–Crippen MR) is 67.0 cm³/mol. The average molecular weight is 272 g/mol. The normalized spacial score (nSPS) is 9.50. The van der Waals surface area contributed by atoms with Crippen molar-refractivity contribution in [1.29, 1.82) is 0 Å². The lowest BCUT2D eigenvalue weighted by molar-refractivity contribution is -0.384. The lowest BCUT2D eigenvalue weighted by Crippen LogP contribution is -2.11. The lowest BCUT2D eigenvalue weighted by Gasteiger charge is -2.04. The molecule has 0 aliphatic rings. The number of benzene rings is 1. The van der Waals surface area contributed by atoms with Gasteiger partial charge >= 0.3 is 6.09 Å². The topological polar surface area (TPSA) is 93.8 Å². The molecule has 1 N–H and O–H groups in total. The number of nitrogens with zero attached hydrogens (tertiary/aromatic N) is 2. The maximum Gasteiger partial charge on any atom is 0.437 e. The smallest absolute Gasteiger partial charge is 0.298 e. The molecular formula is C10H10ClN3O4. The summed E-state index contributed by atoms with van der Waals surface area (Å²) in [5.74, 6) is 0. The van der Waals surface area contributed by atoms with Gasteiger partial charge in [0.25, 0.3) is 5.69 Å². The molecule has 8 heteroatoms. The van der Waals surface area contributed by atoms with Crippen LogP contribution < -0.4 is 5.32 Å². The van der Waals surface area contributed by atoms with Crippen LogP contribution in [0.4, 0.5) is 16.2 Å². The highest BCUT2D eigenvalue weighted by Crippen LogP contribution is 2.26. The fraction of sp³-hybridized carbons (Fsp3) is 0.200. The summed E-state index contributed by atoms with van der Waals surface area (Å²) in [5, 5.41) is 16.3. The third kappa shape index (κ3) is 4.02. The van der Waals surface area contributed by atoms with Crippen LogP contribution in [-0.4, -0.2) is 16.7 Å². The van der Waals surface area contributed by atoms with Crippen molar-refractivity contribution in [2.24, 2.45) is 5.16 Å². The van der Waals surface area contributed by atoms with Gasteiger partial charge in [0, 0.05) is 12.1 Å². The third-order valence-corrected chi connectivity index (χ3v) is 2.02. The number of anilines is 1. The number of oxime groups is 1. The summed E-state index contributed by atoms with van der Waals surface area (Å²) < 4.78 is 0. The number of amides is 1. The van der Waals surface area contributed by atoms with Crippen molar-refractivity contribution in [2.75, 3.05) is 5.32 Å². The van der Waals surface area contributed by atoms with Crippen molar-refractivity contribution in [3.63, 3.8) is 0 Å².